The Hall–Kier alpha value is -4.29. The number of likely N-dealkylation sites (N-methyl/N-ethyl adjacent to an activating group) is 1. The van der Waals surface area contributed by atoms with Crippen LogP contribution in [0.3, 0.4) is 0 Å². The van der Waals surface area contributed by atoms with Crippen LogP contribution in [0.4, 0.5) is 21.9 Å². The van der Waals surface area contributed by atoms with Gasteiger partial charge in [0.05, 0.1) is 30.2 Å². The molecule has 3 aliphatic heterocycles. The van der Waals surface area contributed by atoms with Crippen molar-refractivity contribution in [1.29, 1.82) is 0 Å². The number of carbonyl (C=O) groups is 2. The molecule has 0 aliphatic carbocycles. The highest BCUT2D eigenvalue weighted by atomic mass is 35.5. The molecule has 3 fully saturated rings. The summed E-state index contributed by atoms with van der Waals surface area (Å²) in [7, 11) is 0. The fraction of sp³-hybridized carbons (Fsp3) is 0.343. The van der Waals surface area contributed by atoms with Crippen LogP contribution in [0.5, 0.6) is 5.75 Å². The van der Waals surface area contributed by atoms with Crippen LogP contribution < -0.4 is 19.4 Å². The summed E-state index contributed by atoms with van der Waals surface area (Å²) in [5.41, 5.74) is 3.50. The van der Waals surface area contributed by atoms with Crippen LogP contribution in [0.2, 0.25) is 10.0 Å². The van der Waals surface area contributed by atoms with Crippen LogP contribution in [-0.4, -0.2) is 85.0 Å². The third-order valence-corrected chi connectivity index (χ3v) is 9.51. The van der Waals surface area contributed by atoms with E-state index in [1.54, 1.807) is 29.6 Å². The molecule has 2 atom stereocenters. The van der Waals surface area contributed by atoms with Gasteiger partial charge in [-0.1, -0.05) is 29.3 Å². The van der Waals surface area contributed by atoms with Crippen LogP contribution in [-0.2, 0) is 26.6 Å². The molecule has 3 saturated heterocycles. The minimum Gasteiger partial charge on any atom is -0.491 e. The van der Waals surface area contributed by atoms with Crippen LogP contribution in [0.15, 0.2) is 85.5 Å². The standard InChI is InChI=1S/C35H36Cl2N6O5/c1-2-40-20-33(44)43(34(40)45)28-6-4-26(5-7-28)41-15-17-42(18-16-41)27-8-10-29(11-9-27)46-21-30-22-47-35(48-30,23-39-14-13-38-24-39)31-12-3-25(36)19-32(31)37/h3-14,19,24,30H,2,15-18,20-23H2,1H3/t30-,35-/m1/s1. The van der Waals surface area contributed by atoms with Crippen molar-refractivity contribution in [2.45, 2.75) is 25.4 Å². The first-order valence-electron chi connectivity index (χ1n) is 16.0. The maximum Gasteiger partial charge on any atom is 0.331 e. The number of aromatic nitrogens is 2. The molecule has 48 heavy (non-hydrogen) atoms. The van der Waals surface area contributed by atoms with E-state index in [-0.39, 0.29) is 24.6 Å². The van der Waals surface area contributed by atoms with E-state index in [0.717, 1.165) is 43.3 Å². The lowest BCUT2D eigenvalue weighted by Crippen LogP contribution is -2.46. The predicted octanol–water partition coefficient (Wildman–Crippen LogP) is 5.65. The summed E-state index contributed by atoms with van der Waals surface area (Å²) in [4.78, 5) is 36.6. The number of imidazole rings is 1. The smallest absolute Gasteiger partial charge is 0.331 e. The number of hydrogen-bond donors (Lipinski definition) is 0. The largest absolute Gasteiger partial charge is 0.491 e. The zero-order valence-electron chi connectivity index (χ0n) is 26.5. The fourth-order valence-corrected chi connectivity index (χ4v) is 6.96. The molecule has 250 valence electrons. The average molecular weight is 692 g/mol. The van der Waals surface area contributed by atoms with Crippen LogP contribution in [0.1, 0.15) is 12.5 Å². The number of amides is 3. The second-order valence-electron chi connectivity index (χ2n) is 12.0. The number of anilines is 3. The van der Waals surface area contributed by atoms with E-state index in [9.17, 15) is 9.59 Å². The molecule has 7 rings (SSSR count). The molecule has 4 aromatic rings. The molecule has 0 unspecified atom stereocenters. The predicted molar refractivity (Wildman–Crippen MR) is 184 cm³/mol. The van der Waals surface area contributed by atoms with Gasteiger partial charge in [0.15, 0.2) is 0 Å². The van der Waals surface area contributed by atoms with Crippen molar-refractivity contribution >= 4 is 52.2 Å². The normalized spacial score (nSPS) is 21.4. The summed E-state index contributed by atoms with van der Waals surface area (Å²) in [6.07, 6.45) is 4.96. The number of rotatable bonds is 10. The Bertz CT molecular complexity index is 1750. The molecular formula is C35H36Cl2N6O5. The number of ether oxygens (including phenoxy) is 3. The molecule has 0 spiro atoms. The Kier molecular flexibility index (Phi) is 9.19. The Morgan fingerprint density at radius 3 is 2.19 bits per heavy atom. The Balaban J connectivity index is 0.922. The molecular weight excluding hydrogens is 655 g/mol. The minimum atomic E-state index is -1.10. The first-order chi connectivity index (χ1) is 23.3. The molecule has 0 N–H and O–H groups in total. The van der Waals surface area contributed by atoms with Crippen molar-refractivity contribution in [2.24, 2.45) is 0 Å². The molecule has 1 aromatic heterocycles. The summed E-state index contributed by atoms with van der Waals surface area (Å²) in [5, 5.41) is 1.01. The highest BCUT2D eigenvalue weighted by molar-refractivity contribution is 6.35. The van der Waals surface area contributed by atoms with Gasteiger partial charge in [-0.05, 0) is 67.6 Å². The van der Waals surface area contributed by atoms with Gasteiger partial charge < -0.3 is 33.5 Å². The maximum atomic E-state index is 12.5. The second kappa shape index (κ2) is 13.7. The summed E-state index contributed by atoms with van der Waals surface area (Å²) < 4.78 is 20.8. The van der Waals surface area contributed by atoms with E-state index in [1.165, 1.54) is 4.90 Å². The van der Waals surface area contributed by atoms with Crippen molar-refractivity contribution in [1.82, 2.24) is 14.5 Å². The number of nitrogens with zero attached hydrogens (tertiary/aromatic N) is 6. The minimum absolute atomic E-state index is 0.130. The van der Waals surface area contributed by atoms with Crippen molar-refractivity contribution in [2.75, 3.05) is 67.2 Å². The van der Waals surface area contributed by atoms with Crippen LogP contribution in [0.25, 0.3) is 0 Å². The monoisotopic (exact) mass is 690 g/mol. The van der Waals surface area contributed by atoms with Gasteiger partial charge in [0.2, 0.25) is 5.79 Å². The van der Waals surface area contributed by atoms with Gasteiger partial charge in [-0.3, -0.25) is 4.79 Å². The number of imide groups is 1. The lowest BCUT2D eigenvalue weighted by molar-refractivity contribution is -0.189. The van der Waals surface area contributed by atoms with Gasteiger partial charge >= 0.3 is 6.03 Å². The molecule has 0 bridgehead atoms. The van der Waals surface area contributed by atoms with Gasteiger partial charge in [0.25, 0.3) is 5.91 Å². The molecule has 3 aliphatic rings. The summed E-state index contributed by atoms with van der Waals surface area (Å²) in [5.74, 6) is -0.550. The van der Waals surface area contributed by atoms with Crippen molar-refractivity contribution in [3.05, 3.63) is 101 Å². The number of halogens is 2. The van der Waals surface area contributed by atoms with Crippen molar-refractivity contribution < 1.29 is 23.8 Å². The molecule has 0 saturated carbocycles. The molecule has 11 nitrogen and oxygen atoms in total. The van der Waals surface area contributed by atoms with Gasteiger partial charge in [0.1, 0.15) is 25.0 Å². The number of hydrogen-bond acceptors (Lipinski definition) is 8. The summed E-state index contributed by atoms with van der Waals surface area (Å²) >= 11 is 12.8. The molecule has 4 heterocycles. The fourth-order valence-electron chi connectivity index (χ4n) is 6.40. The lowest BCUT2D eigenvalue weighted by Gasteiger charge is -2.37. The highest BCUT2D eigenvalue weighted by Crippen LogP contribution is 2.40. The number of benzene rings is 3. The van der Waals surface area contributed by atoms with Gasteiger partial charge in [-0.2, -0.15) is 0 Å². The molecule has 3 aromatic carbocycles. The number of urea groups is 1. The first-order valence-corrected chi connectivity index (χ1v) is 16.8. The van der Waals surface area contributed by atoms with E-state index in [4.69, 9.17) is 37.4 Å². The van der Waals surface area contributed by atoms with E-state index < -0.39 is 5.79 Å². The van der Waals surface area contributed by atoms with E-state index in [2.05, 4.69) is 26.9 Å². The number of piperazine rings is 1. The zero-order valence-corrected chi connectivity index (χ0v) is 28.0. The van der Waals surface area contributed by atoms with E-state index in [1.807, 2.05) is 60.2 Å². The summed E-state index contributed by atoms with van der Waals surface area (Å²) in [6.45, 7) is 6.95. The average Bonchev–Trinajstić information content (AvgIpc) is 3.84. The third kappa shape index (κ3) is 6.55. The van der Waals surface area contributed by atoms with Crippen LogP contribution in [0, 0.1) is 0 Å². The van der Waals surface area contributed by atoms with Gasteiger partial charge in [-0.15, -0.1) is 0 Å². The lowest BCUT2D eigenvalue weighted by atomic mass is 10.1. The zero-order chi connectivity index (χ0) is 33.3. The molecule has 0 radical (unpaired) electrons. The first kappa shape index (κ1) is 32.3. The SMILES string of the molecule is CCN1CC(=O)N(c2ccc(N3CCN(c4ccc(OC[C@@H]5CO[C@@](Cn6ccnc6)(c6ccc(Cl)cc6Cl)O5)cc4)CC3)cc2)C1=O. The van der Waals surface area contributed by atoms with Crippen LogP contribution >= 0.6 is 23.2 Å². The van der Waals surface area contributed by atoms with E-state index in [0.29, 0.717) is 47.6 Å². The highest BCUT2D eigenvalue weighted by Gasteiger charge is 2.45. The third-order valence-electron chi connectivity index (χ3n) is 8.96. The second-order valence-corrected chi connectivity index (χ2v) is 12.8. The quantitative estimate of drug-likeness (QED) is 0.197. The van der Waals surface area contributed by atoms with Crippen molar-refractivity contribution in [3.8, 4) is 5.75 Å². The Morgan fingerprint density at radius 1 is 0.917 bits per heavy atom. The summed E-state index contributed by atoms with van der Waals surface area (Å²) in [6, 6.07) is 20.8. The maximum absolute atomic E-state index is 12.5. The topological polar surface area (TPSA) is 92.6 Å². The Morgan fingerprint density at radius 2 is 1.58 bits per heavy atom. The number of carbonyl (C=O) groups excluding carboxylic acids is 2. The Labute approximate surface area is 289 Å². The van der Waals surface area contributed by atoms with E-state index >= 15 is 0 Å². The van der Waals surface area contributed by atoms with Gasteiger partial charge in [0, 0.05) is 67.1 Å². The van der Waals surface area contributed by atoms with Crippen molar-refractivity contribution in [3.63, 3.8) is 0 Å². The molecule has 3 amide bonds. The molecule has 13 heteroatoms. The van der Waals surface area contributed by atoms with Gasteiger partial charge in [-0.25, -0.2) is 14.7 Å².